The van der Waals surface area contributed by atoms with Gasteiger partial charge in [0.2, 0.25) is 0 Å². The number of ketones is 1. The minimum atomic E-state index is -3.84. The van der Waals surface area contributed by atoms with E-state index in [1.807, 2.05) is 0 Å². The maximum Gasteiger partial charge on any atom is 0.264 e. The number of aryl methyl sites for hydroxylation is 1. The van der Waals surface area contributed by atoms with Gasteiger partial charge in [-0.25, -0.2) is 8.42 Å². The highest BCUT2D eigenvalue weighted by molar-refractivity contribution is 7.89. The van der Waals surface area contributed by atoms with Gasteiger partial charge in [0.05, 0.1) is 16.7 Å². The number of hydrogen-bond acceptors (Lipinski definition) is 5. The lowest BCUT2D eigenvalue weighted by Gasteiger charge is -2.22. The molecular weight excluding hydrogens is 380 g/mol. The first kappa shape index (κ1) is 20.5. The van der Waals surface area contributed by atoms with Crippen LogP contribution in [0.3, 0.4) is 0 Å². The molecule has 0 saturated carbocycles. The molecule has 0 bridgehead atoms. The van der Waals surface area contributed by atoms with E-state index in [4.69, 9.17) is 4.74 Å². The van der Waals surface area contributed by atoms with E-state index in [9.17, 15) is 18.0 Å². The first-order valence-electron chi connectivity index (χ1n) is 9.55. The van der Waals surface area contributed by atoms with Crippen LogP contribution in [0.15, 0.2) is 34.9 Å². The molecule has 3 rings (SSSR count). The number of ether oxygens (including phenoxy) is 1. The van der Waals surface area contributed by atoms with Crippen LogP contribution in [0.25, 0.3) is 0 Å². The fourth-order valence-electron chi connectivity index (χ4n) is 3.63. The molecule has 28 heavy (non-hydrogen) atoms. The van der Waals surface area contributed by atoms with Crippen molar-refractivity contribution in [3.8, 4) is 0 Å². The number of sulfonamides is 1. The molecule has 1 aromatic carbocycles. The SMILES string of the molecule is CC(=O)C1=CCCN1S(=O)(=O)c1ccc(C(=O)NCCC2CCCO2)cc1C. The largest absolute Gasteiger partial charge is 0.378 e. The van der Waals surface area contributed by atoms with Gasteiger partial charge in [0, 0.05) is 32.2 Å². The lowest BCUT2D eigenvalue weighted by atomic mass is 10.1. The molecule has 2 aliphatic heterocycles. The minimum absolute atomic E-state index is 0.109. The van der Waals surface area contributed by atoms with E-state index in [1.54, 1.807) is 19.1 Å². The summed E-state index contributed by atoms with van der Waals surface area (Å²) < 4.78 is 32.7. The van der Waals surface area contributed by atoms with Crippen LogP contribution < -0.4 is 5.32 Å². The average Bonchev–Trinajstić information content (AvgIpc) is 3.33. The predicted molar refractivity (Wildman–Crippen MR) is 104 cm³/mol. The molecule has 1 unspecified atom stereocenters. The number of allylic oxidation sites excluding steroid dienone is 1. The molecule has 2 heterocycles. The summed E-state index contributed by atoms with van der Waals surface area (Å²) in [6.07, 6.45) is 5.22. The minimum Gasteiger partial charge on any atom is -0.378 e. The predicted octanol–water partition coefficient (Wildman–Crippen LogP) is 2.16. The number of benzene rings is 1. The van der Waals surface area contributed by atoms with Crippen molar-refractivity contribution in [3.63, 3.8) is 0 Å². The summed E-state index contributed by atoms with van der Waals surface area (Å²) >= 11 is 0. The second kappa shape index (κ2) is 8.45. The maximum absolute atomic E-state index is 13.0. The van der Waals surface area contributed by atoms with Gasteiger partial charge in [0.25, 0.3) is 15.9 Å². The van der Waals surface area contributed by atoms with Crippen molar-refractivity contribution in [1.82, 2.24) is 9.62 Å². The zero-order valence-electron chi connectivity index (χ0n) is 16.2. The molecule has 0 spiro atoms. The van der Waals surface area contributed by atoms with Gasteiger partial charge < -0.3 is 10.1 Å². The summed E-state index contributed by atoms with van der Waals surface area (Å²) in [7, 11) is -3.84. The Bertz CT molecular complexity index is 901. The third-order valence-corrected chi connectivity index (χ3v) is 7.05. The molecule has 0 aliphatic carbocycles. The summed E-state index contributed by atoms with van der Waals surface area (Å²) in [5.41, 5.74) is 1.09. The van der Waals surface area contributed by atoms with Gasteiger partial charge in [0.1, 0.15) is 0 Å². The zero-order valence-corrected chi connectivity index (χ0v) is 17.0. The summed E-state index contributed by atoms with van der Waals surface area (Å²) in [5, 5.41) is 2.86. The van der Waals surface area contributed by atoms with Gasteiger partial charge in [-0.2, -0.15) is 0 Å². The second-order valence-corrected chi connectivity index (χ2v) is 9.00. The Kier molecular flexibility index (Phi) is 6.20. The number of Topliss-reactive ketones (excluding diaryl/α,β-unsaturated/α-hetero) is 1. The fraction of sp³-hybridized carbons (Fsp3) is 0.500. The van der Waals surface area contributed by atoms with Crippen LogP contribution in [-0.2, 0) is 19.6 Å². The Hall–Kier alpha value is -2.19. The quantitative estimate of drug-likeness (QED) is 0.749. The van der Waals surface area contributed by atoms with Gasteiger partial charge in [-0.05, 0) is 56.4 Å². The number of carbonyl (C=O) groups excluding carboxylic acids is 2. The van der Waals surface area contributed by atoms with Crippen LogP contribution >= 0.6 is 0 Å². The Morgan fingerprint density at radius 2 is 2.11 bits per heavy atom. The lowest BCUT2D eigenvalue weighted by Crippen LogP contribution is -2.31. The number of rotatable bonds is 7. The van der Waals surface area contributed by atoms with Gasteiger partial charge in [-0.3, -0.25) is 13.9 Å². The van der Waals surface area contributed by atoms with Crippen molar-refractivity contribution >= 4 is 21.7 Å². The monoisotopic (exact) mass is 406 g/mol. The first-order valence-corrected chi connectivity index (χ1v) is 11.0. The fourth-order valence-corrected chi connectivity index (χ4v) is 5.38. The number of carbonyl (C=O) groups is 2. The van der Waals surface area contributed by atoms with Crippen molar-refractivity contribution in [2.24, 2.45) is 0 Å². The van der Waals surface area contributed by atoms with E-state index in [-0.39, 0.29) is 34.9 Å². The number of amides is 1. The van der Waals surface area contributed by atoms with Crippen LogP contribution in [0, 0.1) is 6.92 Å². The lowest BCUT2D eigenvalue weighted by molar-refractivity contribution is -0.114. The van der Waals surface area contributed by atoms with Crippen LogP contribution in [0.5, 0.6) is 0 Å². The summed E-state index contributed by atoms with van der Waals surface area (Å²) in [6, 6.07) is 4.52. The number of hydrogen-bond donors (Lipinski definition) is 1. The van der Waals surface area contributed by atoms with Gasteiger partial charge in [-0.15, -0.1) is 0 Å². The molecule has 1 fully saturated rings. The smallest absolute Gasteiger partial charge is 0.264 e. The first-order chi connectivity index (χ1) is 13.3. The standard InChI is InChI=1S/C20H26N2O5S/c1-14-13-16(20(24)21-10-9-17-5-4-12-27-17)7-8-19(14)28(25,26)22-11-3-6-18(22)15(2)23/h6-8,13,17H,3-5,9-12H2,1-2H3,(H,21,24). The molecule has 0 radical (unpaired) electrons. The molecular formula is C20H26N2O5S. The van der Waals surface area contributed by atoms with Crippen molar-refractivity contribution in [2.75, 3.05) is 19.7 Å². The molecule has 8 heteroatoms. The van der Waals surface area contributed by atoms with Crippen molar-refractivity contribution < 1.29 is 22.7 Å². The van der Waals surface area contributed by atoms with E-state index >= 15 is 0 Å². The molecule has 1 atom stereocenters. The average molecular weight is 407 g/mol. The number of nitrogens with zero attached hydrogens (tertiary/aromatic N) is 1. The van der Waals surface area contributed by atoms with Crippen molar-refractivity contribution in [1.29, 1.82) is 0 Å². The Morgan fingerprint density at radius 1 is 1.32 bits per heavy atom. The topological polar surface area (TPSA) is 92.8 Å². The van der Waals surface area contributed by atoms with E-state index < -0.39 is 10.0 Å². The van der Waals surface area contributed by atoms with Crippen LogP contribution in [0.4, 0.5) is 0 Å². The second-order valence-electron chi connectivity index (χ2n) is 7.17. The molecule has 2 aliphatic rings. The molecule has 7 nitrogen and oxygen atoms in total. The maximum atomic E-state index is 13.0. The van der Waals surface area contributed by atoms with Crippen LogP contribution in [0.1, 0.15) is 48.5 Å². The molecule has 1 saturated heterocycles. The van der Waals surface area contributed by atoms with Crippen LogP contribution in [0.2, 0.25) is 0 Å². The number of nitrogens with one attached hydrogen (secondary N) is 1. The molecule has 1 amide bonds. The molecule has 152 valence electrons. The van der Waals surface area contributed by atoms with E-state index in [2.05, 4.69) is 5.32 Å². The summed E-state index contributed by atoms with van der Waals surface area (Å²) in [4.78, 5) is 24.2. The van der Waals surface area contributed by atoms with Gasteiger partial charge in [-0.1, -0.05) is 6.08 Å². The van der Waals surface area contributed by atoms with E-state index in [1.165, 1.54) is 19.1 Å². The highest BCUT2D eigenvalue weighted by Crippen LogP contribution is 2.28. The molecule has 0 aromatic heterocycles. The van der Waals surface area contributed by atoms with E-state index in [0.717, 1.165) is 30.2 Å². The Balaban J connectivity index is 1.70. The van der Waals surface area contributed by atoms with Crippen molar-refractivity contribution in [2.45, 2.75) is 50.5 Å². The van der Waals surface area contributed by atoms with E-state index in [0.29, 0.717) is 24.1 Å². The summed E-state index contributed by atoms with van der Waals surface area (Å²) in [5.74, 6) is -0.517. The highest BCUT2D eigenvalue weighted by atomic mass is 32.2. The third-order valence-electron chi connectivity index (χ3n) is 5.08. The normalized spacial score (nSPS) is 19.6. The Morgan fingerprint density at radius 3 is 2.75 bits per heavy atom. The van der Waals surface area contributed by atoms with Gasteiger partial charge in [0.15, 0.2) is 5.78 Å². The summed E-state index contributed by atoms with van der Waals surface area (Å²) in [6.45, 7) is 4.57. The highest BCUT2D eigenvalue weighted by Gasteiger charge is 2.32. The molecule has 1 aromatic rings. The van der Waals surface area contributed by atoms with Crippen molar-refractivity contribution in [3.05, 3.63) is 41.1 Å². The Labute approximate surface area is 165 Å². The van der Waals surface area contributed by atoms with Gasteiger partial charge >= 0.3 is 0 Å². The third kappa shape index (κ3) is 4.28. The van der Waals surface area contributed by atoms with Crippen LogP contribution in [-0.4, -0.2) is 50.2 Å². The zero-order chi connectivity index (χ0) is 20.3. The molecule has 1 N–H and O–H groups in total.